The summed E-state index contributed by atoms with van der Waals surface area (Å²) in [6.07, 6.45) is 0. The molecule has 144 valence electrons. The molecule has 1 fully saturated rings. The molecule has 0 aromatic heterocycles. The van der Waals surface area contributed by atoms with Crippen molar-refractivity contribution in [3.8, 4) is 5.75 Å². The third-order valence-electron chi connectivity index (χ3n) is 5.05. The van der Waals surface area contributed by atoms with Crippen LogP contribution in [0, 0.1) is 6.92 Å². The number of hydrogen-bond donors (Lipinski definition) is 1. The normalized spacial score (nSPS) is 16.7. The number of benzene rings is 2. The monoisotopic (exact) mass is 367 g/mol. The number of piperazine rings is 1. The molecule has 1 unspecified atom stereocenters. The van der Waals surface area contributed by atoms with Gasteiger partial charge in [-0.25, -0.2) is 0 Å². The van der Waals surface area contributed by atoms with Crippen molar-refractivity contribution in [2.24, 2.45) is 0 Å². The van der Waals surface area contributed by atoms with Gasteiger partial charge in [-0.05, 0) is 31.7 Å². The summed E-state index contributed by atoms with van der Waals surface area (Å²) in [7, 11) is 2.15. The average molecular weight is 367 g/mol. The number of carbonyl (C=O) groups excluding carboxylic acids is 1. The molecule has 1 heterocycles. The Kier molecular flexibility index (Phi) is 6.85. The van der Waals surface area contributed by atoms with Gasteiger partial charge in [0.05, 0.1) is 6.04 Å². The fourth-order valence-electron chi connectivity index (χ4n) is 3.31. The van der Waals surface area contributed by atoms with E-state index in [4.69, 9.17) is 4.74 Å². The molecular weight excluding hydrogens is 338 g/mol. The minimum Gasteiger partial charge on any atom is -0.484 e. The highest BCUT2D eigenvalue weighted by Crippen LogP contribution is 2.22. The van der Waals surface area contributed by atoms with Gasteiger partial charge in [0.15, 0.2) is 6.61 Å². The van der Waals surface area contributed by atoms with Gasteiger partial charge in [0.25, 0.3) is 5.91 Å². The summed E-state index contributed by atoms with van der Waals surface area (Å²) >= 11 is 0. The van der Waals surface area contributed by atoms with Crippen molar-refractivity contribution in [1.29, 1.82) is 0 Å². The highest BCUT2D eigenvalue weighted by Gasteiger charge is 2.24. The van der Waals surface area contributed by atoms with Gasteiger partial charge in [0, 0.05) is 32.7 Å². The smallest absolute Gasteiger partial charge is 0.258 e. The van der Waals surface area contributed by atoms with E-state index in [1.807, 2.05) is 30.3 Å². The molecule has 0 aliphatic carbocycles. The number of ether oxygens (including phenoxy) is 1. The predicted octanol–water partition coefficient (Wildman–Crippen LogP) is 2.48. The summed E-state index contributed by atoms with van der Waals surface area (Å²) in [6, 6.07) is 18.2. The van der Waals surface area contributed by atoms with Crippen LogP contribution in [0.25, 0.3) is 0 Å². The second kappa shape index (κ2) is 9.53. The van der Waals surface area contributed by atoms with E-state index in [0.29, 0.717) is 12.3 Å². The lowest BCUT2D eigenvalue weighted by Gasteiger charge is -2.38. The van der Waals surface area contributed by atoms with E-state index in [0.717, 1.165) is 26.2 Å². The second-order valence-electron chi connectivity index (χ2n) is 7.17. The van der Waals surface area contributed by atoms with Gasteiger partial charge in [-0.1, -0.05) is 48.0 Å². The fraction of sp³-hybridized carbons (Fsp3) is 0.409. The number of rotatable bonds is 7. The van der Waals surface area contributed by atoms with Gasteiger partial charge in [-0.3, -0.25) is 9.69 Å². The minimum atomic E-state index is -0.0925. The maximum Gasteiger partial charge on any atom is 0.258 e. The Morgan fingerprint density at radius 2 is 1.70 bits per heavy atom. The van der Waals surface area contributed by atoms with E-state index in [1.54, 1.807) is 0 Å². The first-order valence-electron chi connectivity index (χ1n) is 9.55. The Labute approximate surface area is 161 Å². The molecule has 0 saturated carbocycles. The second-order valence-corrected chi connectivity index (χ2v) is 7.17. The standard InChI is InChI=1S/C22H29N3O2/c1-18-8-10-19(11-9-18)21(25-14-12-24(2)13-15-25)16-23-22(26)17-27-20-6-4-3-5-7-20/h3-11,21H,12-17H2,1-2H3,(H,23,26). The minimum absolute atomic E-state index is 0.0351. The molecule has 5 heteroatoms. The van der Waals surface area contributed by atoms with Crippen LogP contribution >= 0.6 is 0 Å². The van der Waals surface area contributed by atoms with Crippen molar-refractivity contribution in [3.63, 3.8) is 0 Å². The number of hydrogen-bond acceptors (Lipinski definition) is 4. The van der Waals surface area contributed by atoms with E-state index in [-0.39, 0.29) is 18.6 Å². The number of carbonyl (C=O) groups is 1. The van der Waals surface area contributed by atoms with Crippen LogP contribution in [-0.2, 0) is 4.79 Å². The van der Waals surface area contributed by atoms with Crippen LogP contribution in [-0.4, -0.2) is 62.1 Å². The Hall–Kier alpha value is -2.37. The molecule has 1 aliphatic rings. The van der Waals surface area contributed by atoms with Crippen LogP contribution in [0.2, 0.25) is 0 Å². The van der Waals surface area contributed by atoms with Gasteiger partial charge in [-0.15, -0.1) is 0 Å². The molecular formula is C22H29N3O2. The van der Waals surface area contributed by atoms with Crippen LogP contribution < -0.4 is 10.1 Å². The number of aryl methyl sites for hydroxylation is 1. The van der Waals surface area contributed by atoms with Gasteiger partial charge < -0.3 is 15.0 Å². The third-order valence-corrected chi connectivity index (χ3v) is 5.05. The van der Waals surface area contributed by atoms with Crippen LogP contribution in [0.1, 0.15) is 17.2 Å². The van der Waals surface area contributed by atoms with E-state index in [9.17, 15) is 4.79 Å². The Morgan fingerprint density at radius 1 is 1.04 bits per heavy atom. The number of para-hydroxylation sites is 1. The van der Waals surface area contributed by atoms with E-state index >= 15 is 0 Å². The molecule has 2 aromatic carbocycles. The van der Waals surface area contributed by atoms with Crippen molar-refractivity contribution < 1.29 is 9.53 Å². The number of nitrogens with zero attached hydrogens (tertiary/aromatic N) is 2. The highest BCUT2D eigenvalue weighted by molar-refractivity contribution is 5.77. The first-order chi connectivity index (χ1) is 13.1. The van der Waals surface area contributed by atoms with Crippen LogP contribution in [0.4, 0.5) is 0 Å². The topological polar surface area (TPSA) is 44.8 Å². The maximum atomic E-state index is 12.3. The molecule has 27 heavy (non-hydrogen) atoms. The SMILES string of the molecule is Cc1ccc(C(CNC(=O)COc2ccccc2)N2CCN(C)CC2)cc1. The van der Waals surface area contributed by atoms with Crippen molar-refractivity contribution in [2.75, 3.05) is 46.4 Å². The van der Waals surface area contributed by atoms with Gasteiger partial charge in [-0.2, -0.15) is 0 Å². The third kappa shape index (κ3) is 5.81. The van der Waals surface area contributed by atoms with Crippen molar-refractivity contribution in [1.82, 2.24) is 15.1 Å². The molecule has 0 spiro atoms. The quantitative estimate of drug-likeness (QED) is 0.817. The lowest BCUT2D eigenvalue weighted by atomic mass is 10.0. The lowest BCUT2D eigenvalue weighted by Crippen LogP contribution is -2.48. The molecule has 1 amide bonds. The fourth-order valence-corrected chi connectivity index (χ4v) is 3.31. The molecule has 1 N–H and O–H groups in total. The molecule has 3 rings (SSSR count). The van der Waals surface area contributed by atoms with E-state index in [1.165, 1.54) is 11.1 Å². The van der Waals surface area contributed by atoms with Gasteiger partial charge >= 0.3 is 0 Å². The predicted molar refractivity (Wildman–Crippen MR) is 108 cm³/mol. The summed E-state index contributed by atoms with van der Waals surface area (Å²) in [5.41, 5.74) is 2.49. The summed E-state index contributed by atoms with van der Waals surface area (Å²) < 4.78 is 5.55. The largest absolute Gasteiger partial charge is 0.484 e. The summed E-state index contributed by atoms with van der Waals surface area (Å²) in [5.74, 6) is 0.617. The summed E-state index contributed by atoms with van der Waals surface area (Å²) in [5, 5.41) is 3.06. The zero-order valence-corrected chi connectivity index (χ0v) is 16.2. The zero-order chi connectivity index (χ0) is 19.1. The summed E-state index contributed by atoms with van der Waals surface area (Å²) in [4.78, 5) is 17.1. The molecule has 5 nitrogen and oxygen atoms in total. The molecule has 2 aromatic rings. The maximum absolute atomic E-state index is 12.3. The van der Waals surface area contributed by atoms with Gasteiger partial charge in [0.2, 0.25) is 0 Å². The molecule has 1 aliphatic heterocycles. The van der Waals surface area contributed by atoms with Crippen LogP contribution in [0.5, 0.6) is 5.75 Å². The van der Waals surface area contributed by atoms with E-state index < -0.39 is 0 Å². The number of amides is 1. The van der Waals surface area contributed by atoms with Crippen LogP contribution in [0.3, 0.4) is 0 Å². The number of nitrogens with one attached hydrogen (secondary N) is 1. The Bertz CT molecular complexity index is 710. The van der Waals surface area contributed by atoms with E-state index in [2.05, 4.69) is 53.4 Å². The Morgan fingerprint density at radius 3 is 2.37 bits per heavy atom. The number of likely N-dealkylation sites (N-methyl/N-ethyl adjacent to an activating group) is 1. The van der Waals surface area contributed by atoms with Gasteiger partial charge in [0.1, 0.15) is 5.75 Å². The van der Waals surface area contributed by atoms with Crippen LogP contribution in [0.15, 0.2) is 54.6 Å². The molecule has 1 atom stereocenters. The lowest BCUT2D eigenvalue weighted by molar-refractivity contribution is -0.123. The molecule has 0 bridgehead atoms. The first-order valence-corrected chi connectivity index (χ1v) is 9.55. The Balaban J connectivity index is 1.59. The molecule has 0 radical (unpaired) electrons. The van der Waals surface area contributed by atoms with Crippen molar-refractivity contribution >= 4 is 5.91 Å². The highest BCUT2D eigenvalue weighted by atomic mass is 16.5. The first kappa shape index (κ1) is 19.4. The van der Waals surface area contributed by atoms with Crippen molar-refractivity contribution in [2.45, 2.75) is 13.0 Å². The average Bonchev–Trinajstić information content (AvgIpc) is 2.70. The van der Waals surface area contributed by atoms with Crippen molar-refractivity contribution in [3.05, 3.63) is 65.7 Å². The summed E-state index contributed by atoms with van der Waals surface area (Å²) in [6.45, 7) is 6.83. The zero-order valence-electron chi connectivity index (χ0n) is 16.2. The molecule has 1 saturated heterocycles.